The number of amides is 1. The molecule has 6 nitrogen and oxygen atoms in total. The van der Waals surface area contributed by atoms with Crippen LogP contribution < -0.4 is 9.64 Å². The molecule has 2 atom stereocenters. The Morgan fingerprint density at radius 3 is 2.53 bits per heavy atom. The van der Waals surface area contributed by atoms with Gasteiger partial charge >= 0.3 is 0 Å². The van der Waals surface area contributed by atoms with Crippen molar-refractivity contribution >= 4 is 23.1 Å². The zero-order valence-electron chi connectivity index (χ0n) is 19.4. The molecule has 0 aliphatic carbocycles. The van der Waals surface area contributed by atoms with Crippen LogP contribution >= 0.6 is 0 Å². The summed E-state index contributed by atoms with van der Waals surface area (Å²) in [5.74, 6) is -0.518. The van der Waals surface area contributed by atoms with E-state index in [1.54, 1.807) is 36.5 Å². The predicted molar refractivity (Wildman–Crippen MR) is 130 cm³/mol. The number of fused-ring (bicyclic) bond motifs is 1. The van der Waals surface area contributed by atoms with E-state index in [0.717, 1.165) is 23.3 Å². The normalized spacial score (nSPS) is 21.1. The quantitative estimate of drug-likeness (QED) is 0.335. The third-order valence-electron chi connectivity index (χ3n) is 6.42. The summed E-state index contributed by atoms with van der Waals surface area (Å²) in [5, 5.41) is 11.3. The summed E-state index contributed by atoms with van der Waals surface area (Å²) in [6.45, 7) is 6.17. The molecule has 3 heterocycles. The second kappa shape index (κ2) is 8.45. The molecular weight excluding hydrogens is 428 g/mol. The highest BCUT2D eigenvalue weighted by atomic mass is 16.5. The minimum atomic E-state index is -0.838. The molecule has 1 aromatic heterocycles. The van der Waals surface area contributed by atoms with E-state index in [-0.39, 0.29) is 17.4 Å². The summed E-state index contributed by atoms with van der Waals surface area (Å²) >= 11 is 0. The van der Waals surface area contributed by atoms with Crippen molar-refractivity contribution in [2.75, 3.05) is 4.90 Å². The van der Waals surface area contributed by atoms with Gasteiger partial charge in [-0.15, -0.1) is 0 Å². The van der Waals surface area contributed by atoms with Gasteiger partial charge in [0, 0.05) is 23.9 Å². The maximum Gasteiger partial charge on any atom is 0.300 e. The third kappa shape index (κ3) is 3.65. The number of aliphatic hydroxyl groups excluding tert-OH is 1. The molecule has 5 rings (SSSR count). The first kappa shape index (κ1) is 21.9. The molecule has 0 bridgehead atoms. The molecule has 34 heavy (non-hydrogen) atoms. The number of aromatic nitrogens is 1. The van der Waals surface area contributed by atoms with Crippen molar-refractivity contribution in [2.24, 2.45) is 0 Å². The van der Waals surface area contributed by atoms with E-state index in [4.69, 9.17) is 4.74 Å². The molecule has 3 aromatic rings. The van der Waals surface area contributed by atoms with Crippen molar-refractivity contribution in [1.29, 1.82) is 0 Å². The van der Waals surface area contributed by atoms with Gasteiger partial charge in [0.2, 0.25) is 0 Å². The van der Waals surface area contributed by atoms with E-state index >= 15 is 0 Å². The van der Waals surface area contributed by atoms with Crippen molar-refractivity contribution in [2.45, 2.75) is 45.3 Å². The van der Waals surface area contributed by atoms with Gasteiger partial charge in [0.1, 0.15) is 23.7 Å². The number of aliphatic hydroxyl groups is 1. The van der Waals surface area contributed by atoms with Gasteiger partial charge in [-0.05, 0) is 66.4 Å². The van der Waals surface area contributed by atoms with E-state index in [1.165, 1.54) is 4.90 Å². The summed E-state index contributed by atoms with van der Waals surface area (Å²) in [7, 11) is 0. The molecule has 2 aromatic carbocycles. The molecule has 0 spiro atoms. The lowest BCUT2D eigenvalue weighted by Gasteiger charge is -2.25. The van der Waals surface area contributed by atoms with Crippen molar-refractivity contribution in [3.8, 4) is 5.75 Å². The smallest absolute Gasteiger partial charge is 0.300 e. The number of hydrogen-bond acceptors (Lipinski definition) is 5. The first-order chi connectivity index (χ1) is 16.3. The van der Waals surface area contributed by atoms with Gasteiger partial charge in [0.15, 0.2) is 0 Å². The fourth-order valence-electron chi connectivity index (χ4n) is 4.66. The van der Waals surface area contributed by atoms with Crippen LogP contribution in [0.25, 0.3) is 5.76 Å². The Kier molecular flexibility index (Phi) is 5.44. The molecule has 0 radical (unpaired) electrons. The van der Waals surface area contributed by atoms with Crippen LogP contribution in [-0.4, -0.2) is 27.9 Å². The highest BCUT2D eigenvalue weighted by molar-refractivity contribution is 6.51. The Bertz CT molecular complexity index is 1300. The van der Waals surface area contributed by atoms with Gasteiger partial charge in [0.05, 0.1) is 11.3 Å². The van der Waals surface area contributed by atoms with Gasteiger partial charge in [-0.3, -0.25) is 19.5 Å². The molecule has 2 unspecified atom stereocenters. The van der Waals surface area contributed by atoms with E-state index in [0.29, 0.717) is 22.9 Å². The molecule has 0 saturated carbocycles. The molecule has 1 fully saturated rings. The van der Waals surface area contributed by atoms with Gasteiger partial charge in [0.25, 0.3) is 11.7 Å². The van der Waals surface area contributed by atoms with Crippen molar-refractivity contribution in [1.82, 2.24) is 4.98 Å². The zero-order chi connectivity index (χ0) is 24.0. The Balaban J connectivity index is 1.65. The van der Waals surface area contributed by atoms with Crippen LogP contribution in [0.1, 0.15) is 55.1 Å². The molecule has 1 amide bonds. The van der Waals surface area contributed by atoms with Gasteiger partial charge in [-0.1, -0.05) is 32.0 Å². The maximum atomic E-state index is 13.3. The summed E-state index contributed by atoms with van der Waals surface area (Å²) in [6, 6.07) is 17.4. The lowest BCUT2D eigenvalue weighted by molar-refractivity contribution is -0.132. The lowest BCUT2D eigenvalue weighted by atomic mass is 9.96. The highest BCUT2D eigenvalue weighted by Gasteiger charge is 2.47. The average Bonchev–Trinajstić information content (AvgIpc) is 3.34. The van der Waals surface area contributed by atoms with Gasteiger partial charge in [-0.2, -0.15) is 0 Å². The molecule has 6 heteroatoms. The number of Topliss-reactive ketones (excluding diaryl/α,β-unsaturated/α-hetero) is 1. The Morgan fingerprint density at radius 2 is 1.85 bits per heavy atom. The number of hydrogen-bond donors (Lipinski definition) is 1. The SMILES string of the molecule is CC1Cc2cc(/C(O)=C3/C(=O)C(=O)N(c4ccc(C(C)C)cc4)C3c3ccccn3)ccc2O1. The Hall–Kier alpha value is -3.93. The third-order valence-corrected chi connectivity index (χ3v) is 6.42. The predicted octanol–water partition coefficient (Wildman–Crippen LogP) is 5.15. The molecular formula is C28H26N2O4. The van der Waals surface area contributed by atoms with Crippen LogP contribution in [0.4, 0.5) is 5.69 Å². The fourth-order valence-corrected chi connectivity index (χ4v) is 4.66. The van der Waals surface area contributed by atoms with Crippen LogP contribution in [0.3, 0.4) is 0 Å². The van der Waals surface area contributed by atoms with E-state index < -0.39 is 17.7 Å². The number of pyridine rings is 1. The highest BCUT2D eigenvalue weighted by Crippen LogP contribution is 2.42. The number of ether oxygens (including phenoxy) is 1. The topological polar surface area (TPSA) is 79.7 Å². The molecule has 2 aliphatic heterocycles. The average molecular weight is 455 g/mol. The number of anilines is 1. The summed E-state index contributed by atoms with van der Waals surface area (Å²) in [4.78, 5) is 32.4. The first-order valence-corrected chi connectivity index (χ1v) is 11.5. The second-order valence-corrected chi connectivity index (χ2v) is 9.13. The monoisotopic (exact) mass is 454 g/mol. The summed E-state index contributed by atoms with van der Waals surface area (Å²) in [5.41, 5.74) is 3.69. The number of carbonyl (C=O) groups is 2. The summed E-state index contributed by atoms with van der Waals surface area (Å²) in [6.07, 6.45) is 2.39. The van der Waals surface area contributed by atoms with Crippen LogP contribution in [-0.2, 0) is 16.0 Å². The standard InChI is InChI=1S/C28H26N2O4/c1-16(2)18-7-10-21(11-8-18)30-25(22-6-4-5-13-29-22)24(27(32)28(30)33)26(31)19-9-12-23-20(15-19)14-17(3)34-23/h4-13,15-17,25,31H,14H2,1-3H3/b26-24-. The number of benzene rings is 2. The summed E-state index contributed by atoms with van der Waals surface area (Å²) < 4.78 is 5.76. The molecule has 2 aliphatic rings. The van der Waals surface area contributed by atoms with E-state index in [1.807, 2.05) is 37.3 Å². The Morgan fingerprint density at radius 1 is 1.09 bits per heavy atom. The largest absolute Gasteiger partial charge is 0.507 e. The van der Waals surface area contributed by atoms with Crippen molar-refractivity contribution in [3.05, 3.63) is 94.8 Å². The zero-order valence-corrected chi connectivity index (χ0v) is 19.4. The molecule has 1 N–H and O–H groups in total. The van der Waals surface area contributed by atoms with Crippen LogP contribution in [0.15, 0.2) is 72.4 Å². The Labute approximate surface area is 198 Å². The number of carbonyl (C=O) groups excluding carboxylic acids is 2. The number of rotatable bonds is 4. The molecule has 1 saturated heterocycles. The van der Waals surface area contributed by atoms with Crippen molar-refractivity contribution < 1.29 is 19.4 Å². The maximum absolute atomic E-state index is 13.3. The van der Waals surface area contributed by atoms with Crippen LogP contribution in [0.5, 0.6) is 5.75 Å². The fraction of sp³-hybridized carbons (Fsp3) is 0.250. The van der Waals surface area contributed by atoms with Crippen LogP contribution in [0, 0.1) is 0 Å². The first-order valence-electron chi connectivity index (χ1n) is 11.5. The van der Waals surface area contributed by atoms with Crippen molar-refractivity contribution in [3.63, 3.8) is 0 Å². The lowest BCUT2D eigenvalue weighted by Crippen LogP contribution is -2.29. The second-order valence-electron chi connectivity index (χ2n) is 9.13. The minimum absolute atomic E-state index is 0.0311. The molecule has 172 valence electrons. The van der Waals surface area contributed by atoms with E-state index in [9.17, 15) is 14.7 Å². The number of ketones is 1. The van der Waals surface area contributed by atoms with E-state index in [2.05, 4.69) is 18.8 Å². The van der Waals surface area contributed by atoms with Crippen LogP contribution in [0.2, 0.25) is 0 Å². The van der Waals surface area contributed by atoms with Gasteiger partial charge < -0.3 is 9.84 Å². The number of nitrogens with zero attached hydrogens (tertiary/aromatic N) is 2. The minimum Gasteiger partial charge on any atom is -0.507 e. The van der Waals surface area contributed by atoms with Gasteiger partial charge in [-0.25, -0.2) is 0 Å².